The third-order valence-corrected chi connectivity index (χ3v) is 9.60. The maximum absolute atomic E-state index is 13.4. The molecule has 0 bridgehead atoms. The highest BCUT2D eigenvalue weighted by Gasteiger charge is 2.34. The first-order chi connectivity index (χ1) is 15.8. The zero-order chi connectivity index (χ0) is 24.1. The summed E-state index contributed by atoms with van der Waals surface area (Å²) >= 11 is 10.4. The first kappa shape index (κ1) is 26.7. The average Bonchev–Trinajstić information content (AvgIpc) is 3.39. The van der Waals surface area contributed by atoms with Gasteiger partial charge in [0.1, 0.15) is 17.7 Å². The Balaban J connectivity index is 1.86. The van der Waals surface area contributed by atoms with Crippen LogP contribution in [0.5, 0.6) is 0 Å². The van der Waals surface area contributed by atoms with Crippen LogP contribution in [0.4, 0.5) is 0 Å². The van der Waals surface area contributed by atoms with Crippen LogP contribution >= 0.6 is 54.5 Å². The second-order valence-corrected chi connectivity index (χ2v) is 14.0. The van der Waals surface area contributed by atoms with Gasteiger partial charge in [0.05, 0.1) is 17.3 Å². The number of ether oxygens (including phenoxy) is 1. The van der Waals surface area contributed by atoms with E-state index in [1.165, 1.54) is 19.3 Å². The molecule has 2 heterocycles. The molecule has 2 aromatic heterocycles. The van der Waals surface area contributed by atoms with Crippen LogP contribution in [0.1, 0.15) is 83.8 Å². The number of halogens is 2. The van der Waals surface area contributed by atoms with Crippen molar-refractivity contribution >= 4 is 66.1 Å². The van der Waals surface area contributed by atoms with E-state index in [0.717, 1.165) is 54.1 Å². The molecule has 178 valence electrons. The SMILES string of the molecule is CCCCC(CC)CCC(CC(C)C)OC(=O)C(C#N)=C1c2cc(Br)sc2-c2sc(Br)cc21. The summed E-state index contributed by atoms with van der Waals surface area (Å²) in [4.78, 5) is 15.6. The zero-order valence-electron chi connectivity index (χ0n) is 19.7. The minimum Gasteiger partial charge on any atom is -0.458 e. The predicted octanol–water partition coefficient (Wildman–Crippen LogP) is 9.59. The summed E-state index contributed by atoms with van der Waals surface area (Å²) in [5.74, 6) is 0.587. The van der Waals surface area contributed by atoms with Gasteiger partial charge in [0.15, 0.2) is 0 Å². The van der Waals surface area contributed by atoms with E-state index in [1.807, 2.05) is 12.1 Å². The predicted molar refractivity (Wildman–Crippen MR) is 147 cm³/mol. The number of nitriles is 1. The van der Waals surface area contributed by atoms with Gasteiger partial charge in [-0.25, -0.2) is 4.79 Å². The summed E-state index contributed by atoms with van der Waals surface area (Å²) in [6.45, 7) is 8.78. The molecule has 2 unspecified atom stereocenters. The van der Waals surface area contributed by atoms with Crippen molar-refractivity contribution in [3.63, 3.8) is 0 Å². The van der Waals surface area contributed by atoms with Crippen molar-refractivity contribution in [2.45, 2.75) is 78.7 Å². The number of carbonyl (C=O) groups excluding carboxylic acids is 1. The number of carbonyl (C=O) groups is 1. The van der Waals surface area contributed by atoms with Gasteiger partial charge in [-0.05, 0) is 75.1 Å². The molecule has 0 N–H and O–H groups in total. The maximum Gasteiger partial charge on any atom is 0.349 e. The quantitative estimate of drug-likeness (QED) is 0.123. The van der Waals surface area contributed by atoms with Gasteiger partial charge in [-0.3, -0.25) is 0 Å². The monoisotopic (exact) mass is 611 g/mol. The Morgan fingerprint density at radius 1 is 1.06 bits per heavy atom. The highest BCUT2D eigenvalue weighted by atomic mass is 79.9. The van der Waals surface area contributed by atoms with Gasteiger partial charge in [0.25, 0.3) is 0 Å². The average molecular weight is 613 g/mol. The lowest BCUT2D eigenvalue weighted by Gasteiger charge is -2.22. The number of unbranched alkanes of at least 4 members (excludes halogenated alkanes) is 1. The highest BCUT2D eigenvalue weighted by Crippen LogP contribution is 2.55. The largest absolute Gasteiger partial charge is 0.458 e. The third kappa shape index (κ3) is 6.39. The molecule has 0 spiro atoms. The Hall–Kier alpha value is -0.940. The van der Waals surface area contributed by atoms with Gasteiger partial charge in [-0.1, -0.05) is 53.4 Å². The van der Waals surface area contributed by atoms with Crippen LogP contribution in [0.25, 0.3) is 15.3 Å². The Bertz CT molecular complexity index is 1010. The van der Waals surface area contributed by atoms with Gasteiger partial charge in [-0.2, -0.15) is 5.26 Å². The van der Waals surface area contributed by atoms with Crippen molar-refractivity contribution in [1.82, 2.24) is 0 Å². The van der Waals surface area contributed by atoms with Crippen molar-refractivity contribution in [2.75, 3.05) is 0 Å². The molecule has 3 rings (SSSR count). The second-order valence-electron chi connectivity index (χ2n) is 9.10. The second kappa shape index (κ2) is 12.2. The number of thiophene rings is 2. The molecule has 0 fully saturated rings. The minimum absolute atomic E-state index is 0.109. The normalized spacial score (nSPS) is 14.1. The number of hydrogen-bond acceptors (Lipinski definition) is 5. The molecule has 7 heteroatoms. The van der Waals surface area contributed by atoms with Crippen molar-refractivity contribution in [3.8, 4) is 15.8 Å². The van der Waals surface area contributed by atoms with Crippen LogP contribution in [-0.2, 0) is 9.53 Å². The molecule has 1 aliphatic rings. The molecule has 0 saturated carbocycles. The van der Waals surface area contributed by atoms with E-state index >= 15 is 0 Å². The topological polar surface area (TPSA) is 50.1 Å². The molecule has 0 radical (unpaired) electrons. The van der Waals surface area contributed by atoms with Crippen LogP contribution < -0.4 is 0 Å². The van der Waals surface area contributed by atoms with E-state index in [0.29, 0.717) is 17.4 Å². The Morgan fingerprint density at radius 3 is 2.15 bits per heavy atom. The van der Waals surface area contributed by atoms with Crippen molar-refractivity contribution in [3.05, 3.63) is 36.4 Å². The van der Waals surface area contributed by atoms with Gasteiger partial charge in [-0.15, -0.1) is 22.7 Å². The van der Waals surface area contributed by atoms with Gasteiger partial charge >= 0.3 is 5.97 Å². The number of hydrogen-bond donors (Lipinski definition) is 0. The molecule has 3 nitrogen and oxygen atoms in total. The Kier molecular flexibility index (Phi) is 9.82. The molecule has 1 aliphatic carbocycles. The fraction of sp³-hybridized carbons (Fsp3) is 0.538. The number of nitrogens with zero attached hydrogens (tertiary/aromatic N) is 1. The lowest BCUT2D eigenvalue weighted by atomic mass is 9.91. The highest BCUT2D eigenvalue weighted by molar-refractivity contribution is 9.11. The van der Waals surface area contributed by atoms with Crippen molar-refractivity contribution in [1.29, 1.82) is 5.26 Å². The lowest BCUT2D eigenvalue weighted by molar-refractivity contribution is -0.145. The van der Waals surface area contributed by atoms with Crippen LogP contribution in [0.15, 0.2) is 25.3 Å². The fourth-order valence-corrected chi connectivity index (χ4v) is 7.85. The van der Waals surface area contributed by atoms with E-state index in [4.69, 9.17) is 4.74 Å². The summed E-state index contributed by atoms with van der Waals surface area (Å²) in [6.07, 6.45) is 7.40. The van der Waals surface area contributed by atoms with Crippen LogP contribution in [0.3, 0.4) is 0 Å². The summed E-state index contributed by atoms with van der Waals surface area (Å²) in [5, 5.41) is 10.0. The van der Waals surface area contributed by atoms with E-state index in [-0.39, 0.29) is 11.7 Å². The van der Waals surface area contributed by atoms with E-state index in [1.54, 1.807) is 22.7 Å². The number of esters is 1. The third-order valence-electron chi connectivity index (χ3n) is 6.16. The smallest absolute Gasteiger partial charge is 0.349 e. The number of fused-ring (bicyclic) bond motifs is 3. The standard InChI is InChI=1S/C26H31Br2NO2S2/c1-5-7-8-16(6-2)9-10-17(11-15(3)4)31-26(30)20(14-29)23-18-12-21(27)32-24(18)25-19(23)13-22(28)33-25/h12-13,15-17H,5-11H2,1-4H3. The molecular formula is C26H31Br2NO2S2. The molecule has 2 atom stereocenters. The van der Waals surface area contributed by atoms with E-state index < -0.39 is 5.97 Å². The number of rotatable bonds is 11. The lowest BCUT2D eigenvalue weighted by Crippen LogP contribution is -2.22. The molecule has 0 amide bonds. The molecule has 2 aromatic rings. The van der Waals surface area contributed by atoms with Crippen LogP contribution in [0.2, 0.25) is 0 Å². The van der Waals surface area contributed by atoms with Gasteiger partial charge in [0, 0.05) is 16.7 Å². The molecule has 0 aliphatic heterocycles. The molecule has 33 heavy (non-hydrogen) atoms. The summed E-state index contributed by atoms with van der Waals surface area (Å²) < 4.78 is 8.01. The fourth-order valence-electron chi connectivity index (χ4n) is 4.48. The molecule has 0 aromatic carbocycles. The summed E-state index contributed by atoms with van der Waals surface area (Å²) in [7, 11) is 0. The van der Waals surface area contributed by atoms with Crippen LogP contribution in [-0.4, -0.2) is 12.1 Å². The summed E-state index contributed by atoms with van der Waals surface area (Å²) in [6, 6.07) is 6.20. The zero-order valence-corrected chi connectivity index (χ0v) is 24.5. The summed E-state index contributed by atoms with van der Waals surface area (Å²) in [5.41, 5.74) is 2.70. The first-order valence-electron chi connectivity index (χ1n) is 11.7. The Labute approximate surface area is 222 Å². The van der Waals surface area contributed by atoms with Crippen molar-refractivity contribution in [2.24, 2.45) is 11.8 Å². The minimum atomic E-state index is -0.497. The maximum atomic E-state index is 13.4. The van der Waals surface area contributed by atoms with Gasteiger partial charge < -0.3 is 4.74 Å². The molecular weight excluding hydrogens is 582 g/mol. The van der Waals surface area contributed by atoms with Gasteiger partial charge in [0.2, 0.25) is 0 Å². The van der Waals surface area contributed by atoms with Crippen molar-refractivity contribution < 1.29 is 9.53 Å². The van der Waals surface area contributed by atoms with Crippen LogP contribution in [0, 0.1) is 23.2 Å². The van der Waals surface area contributed by atoms with E-state index in [2.05, 4.69) is 65.6 Å². The first-order valence-corrected chi connectivity index (χ1v) is 15.0. The molecule has 0 saturated heterocycles. The Morgan fingerprint density at radius 2 is 1.67 bits per heavy atom. The van der Waals surface area contributed by atoms with E-state index in [9.17, 15) is 10.1 Å².